The van der Waals surface area contributed by atoms with Gasteiger partial charge in [-0.05, 0) is 29.8 Å². The van der Waals surface area contributed by atoms with Gasteiger partial charge in [0.25, 0.3) is 0 Å². The van der Waals surface area contributed by atoms with Crippen molar-refractivity contribution in [3.05, 3.63) is 53.1 Å². The second-order valence-corrected chi connectivity index (χ2v) is 6.57. The Kier molecular flexibility index (Phi) is 12.2. The summed E-state index contributed by atoms with van der Waals surface area (Å²) in [6.07, 6.45) is 2.38. The van der Waals surface area contributed by atoms with E-state index in [-0.39, 0.29) is 6.61 Å². The summed E-state index contributed by atoms with van der Waals surface area (Å²) in [5, 5.41) is 17.7. The highest BCUT2D eigenvalue weighted by molar-refractivity contribution is 6.13. The van der Waals surface area contributed by atoms with E-state index in [1.807, 2.05) is 0 Å². The van der Waals surface area contributed by atoms with Crippen molar-refractivity contribution in [3.8, 4) is 17.8 Å². The zero-order chi connectivity index (χ0) is 23.7. The maximum Gasteiger partial charge on any atom is 0.223 e. The molecule has 0 aliphatic heterocycles. The predicted octanol–water partition coefficient (Wildman–Crippen LogP) is 2.12. The lowest BCUT2D eigenvalue weighted by Crippen LogP contribution is -2.13. The molecule has 2 aromatic rings. The number of rotatable bonds is 16. The van der Waals surface area contributed by atoms with Gasteiger partial charge in [0.15, 0.2) is 6.29 Å². The van der Waals surface area contributed by atoms with E-state index in [1.54, 1.807) is 42.5 Å². The molecule has 0 bridgehead atoms. The minimum absolute atomic E-state index is 0.000836. The first-order valence-electron chi connectivity index (χ1n) is 10.4. The van der Waals surface area contributed by atoms with E-state index in [9.17, 15) is 4.79 Å². The number of benzene rings is 1. The van der Waals surface area contributed by atoms with E-state index in [0.717, 1.165) is 6.29 Å². The Labute approximate surface area is 193 Å². The van der Waals surface area contributed by atoms with E-state index in [4.69, 9.17) is 34.1 Å². The molecule has 0 spiro atoms. The molecule has 0 unspecified atom stereocenters. The Hall–Kier alpha value is -3.29. The van der Waals surface area contributed by atoms with Crippen LogP contribution in [0.3, 0.4) is 0 Å². The van der Waals surface area contributed by atoms with Crippen LogP contribution in [0.15, 0.2) is 36.4 Å². The summed E-state index contributed by atoms with van der Waals surface area (Å²) < 4.78 is 26.8. The van der Waals surface area contributed by atoms with Gasteiger partial charge in [-0.2, -0.15) is 10.2 Å². The van der Waals surface area contributed by atoms with Crippen LogP contribution in [0.25, 0.3) is 11.6 Å². The number of aliphatic hydroxyl groups is 1. The molecule has 33 heavy (non-hydrogen) atoms. The van der Waals surface area contributed by atoms with Crippen LogP contribution in [0.5, 0.6) is 11.8 Å². The zero-order valence-electron chi connectivity index (χ0n) is 18.6. The third-order valence-electron chi connectivity index (χ3n) is 4.28. The fourth-order valence-electron chi connectivity index (χ4n) is 2.72. The number of methoxy groups -OCH3 is 1. The van der Waals surface area contributed by atoms with E-state index in [2.05, 4.69) is 11.1 Å². The molecule has 176 valence electrons. The van der Waals surface area contributed by atoms with Crippen LogP contribution in [0.2, 0.25) is 0 Å². The highest BCUT2D eigenvalue weighted by Crippen LogP contribution is 2.25. The molecule has 0 aliphatic rings. The largest absolute Gasteiger partial charge is 0.480 e. The number of pyridine rings is 1. The Bertz CT molecular complexity index is 941. The van der Waals surface area contributed by atoms with Crippen LogP contribution in [0.1, 0.15) is 16.7 Å². The number of hydrogen-bond donors (Lipinski definition) is 1. The van der Waals surface area contributed by atoms with Crippen molar-refractivity contribution in [2.75, 3.05) is 60.0 Å². The van der Waals surface area contributed by atoms with E-state index in [1.165, 1.54) is 7.11 Å². The number of ether oxygens (including phenoxy) is 5. The summed E-state index contributed by atoms with van der Waals surface area (Å²) in [5.41, 5.74) is 2.10. The molecule has 0 atom stereocenters. The first kappa shape index (κ1) is 26.0. The lowest BCUT2D eigenvalue weighted by atomic mass is 10.0. The fourth-order valence-corrected chi connectivity index (χ4v) is 2.72. The molecule has 2 rings (SSSR count). The van der Waals surface area contributed by atoms with E-state index in [0.29, 0.717) is 80.3 Å². The molecule has 0 amide bonds. The number of allylic oxidation sites excluding steroid dienone is 1. The predicted molar refractivity (Wildman–Crippen MR) is 121 cm³/mol. The lowest BCUT2D eigenvalue weighted by Gasteiger charge is -2.10. The molecular weight excluding hydrogens is 428 g/mol. The number of aliphatic hydroxyl groups excluding tert-OH is 1. The van der Waals surface area contributed by atoms with Gasteiger partial charge in [-0.15, -0.1) is 0 Å². The van der Waals surface area contributed by atoms with Gasteiger partial charge in [0, 0.05) is 17.2 Å². The van der Waals surface area contributed by atoms with Crippen molar-refractivity contribution in [1.29, 1.82) is 5.26 Å². The molecule has 0 saturated carbocycles. The van der Waals surface area contributed by atoms with Crippen molar-refractivity contribution >= 4 is 17.9 Å². The van der Waals surface area contributed by atoms with Crippen LogP contribution in [0.4, 0.5) is 0 Å². The van der Waals surface area contributed by atoms with Gasteiger partial charge in [-0.25, -0.2) is 0 Å². The van der Waals surface area contributed by atoms with Gasteiger partial charge in [0.1, 0.15) is 6.61 Å². The SMILES string of the molecule is COc1nc(OCCOCCOCCOCCO)ccc1/C=C(\C=O)c1cccc(C#N)c1. The van der Waals surface area contributed by atoms with Gasteiger partial charge in [-0.3, -0.25) is 4.79 Å². The Morgan fingerprint density at radius 3 is 2.36 bits per heavy atom. The molecule has 1 aromatic heterocycles. The summed E-state index contributed by atoms with van der Waals surface area (Å²) in [5.74, 6) is 0.671. The maximum absolute atomic E-state index is 11.6. The minimum atomic E-state index is 0.000836. The van der Waals surface area contributed by atoms with Crippen LogP contribution in [0, 0.1) is 11.3 Å². The summed E-state index contributed by atoms with van der Waals surface area (Å²) in [6.45, 7) is 2.70. The van der Waals surface area contributed by atoms with Crippen LogP contribution in [-0.2, 0) is 19.0 Å². The first-order valence-corrected chi connectivity index (χ1v) is 10.4. The van der Waals surface area contributed by atoms with Crippen molar-refractivity contribution in [1.82, 2.24) is 4.98 Å². The molecule has 0 saturated heterocycles. The average molecular weight is 456 g/mol. The van der Waals surface area contributed by atoms with Gasteiger partial charge >= 0.3 is 0 Å². The Morgan fingerprint density at radius 2 is 1.73 bits per heavy atom. The second-order valence-electron chi connectivity index (χ2n) is 6.57. The highest BCUT2D eigenvalue weighted by Gasteiger charge is 2.09. The summed E-state index contributed by atoms with van der Waals surface area (Å²) in [7, 11) is 1.48. The lowest BCUT2D eigenvalue weighted by molar-refractivity contribution is -0.103. The number of carbonyl (C=O) groups excluding carboxylic acids is 1. The van der Waals surface area contributed by atoms with Gasteiger partial charge in [-0.1, -0.05) is 12.1 Å². The van der Waals surface area contributed by atoms with Gasteiger partial charge < -0.3 is 28.8 Å². The number of nitriles is 1. The van der Waals surface area contributed by atoms with Crippen molar-refractivity contribution in [2.45, 2.75) is 0 Å². The zero-order valence-corrected chi connectivity index (χ0v) is 18.6. The highest BCUT2D eigenvalue weighted by atomic mass is 16.6. The van der Waals surface area contributed by atoms with Crippen molar-refractivity contribution < 1.29 is 33.6 Å². The Balaban J connectivity index is 1.83. The van der Waals surface area contributed by atoms with Crippen LogP contribution in [-0.4, -0.2) is 76.3 Å². The molecule has 9 nitrogen and oxygen atoms in total. The first-order chi connectivity index (χ1) is 16.2. The smallest absolute Gasteiger partial charge is 0.223 e. The molecule has 0 fully saturated rings. The van der Waals surface area contributed by atoms with E-state index < -0.39 is 0 Å². The minimum Gasteiger partial charge on any atom is -0.480 e. The topological polar surface area (TPSA) is 120 Å². The number of nitrogens with zero attached hydrogens (tertiary/aromatic N) is 2. The number of aldehydes is 1. The average Bonchev–Trinajstić information content (AvgIpc) is 2.86. The van der Waals surface area contributed by atoms with Crippen molar-refractivity contribution in [3.63, 3.8) is 0 Å². The summed E-state index contributed by atoms with van der Waals surface area (Å²) >= 11 is 0. The molecule has 0 aliphatic carbocycles. The standard InChI is InChI=1S/C24H28N2O7/c1-29-24-21(16-22(18-28)20-4-2-3-19(15-20)17-25)5-6-23(26-24)33-14-13-32-12-11-31-10-9-30-8-7-27/h2-6,15-16,18,27H,7-14H2,1H3/b22-16+. The van der Waals surface area contributed by atoms with Gasteiger partial charge in [0.2, 0.25) is 11.8 Å². The normalized spacial score (nSPS) is 11.1. The third-order valence-corrected chi connectivity index (χ3v) is 4.28. The third kappa shape index (κ3) is 9.39. The quantitative estimate of drug-likeness (QED) is 0.230. The molecule has 1 heterocycles. The summed E-state index contributed by atoms with van der Waals surface area (Å²) in [4.78, 5) is 15.9. The molecule has 9 heteroatoms. The van der Waals surface area contributed by atoms with Crippen molar-refractivity contribution in [2.24, 2.45) is 0 Å². The number of hydrogen-bond acceptors (Lipinski definition) is 9. The Morgan fingerprint density at radius 1 is 1.03 bits per heavy atom. The number of carbonyl (C=O) groups is 1. The monoisotopic (exact) mass is 456 g/mol. The maximum atomic E-state index is 11.6. The molecular formula is C24H28N2O7. The molecule has 1 aromatic carbocycles. The van der Waals surface area contributed by atoms with Crippen LogP contribution >= 0.6 is 0 Å². The second kappa shape index (κ2) is 15.5. The van der Waals surface area contributed by atoms with Gasteiger partial charge in [0.05, 0.1) is 65.0 Å². The fraction of sp³-hybridized carbons (Fsp3) is 0.375. The van der Waals surface area contributed by atoms with Crippen LogP contribution < -0.4 is 9.47 Å². The summed E-state index contributed by atoms with van der Waals surface area (Å²) in [6, 6.07) is 12.3. The molecule has 0 radical (unpaired) electrons. The molecule has 1 N–H and O–H groups in total. The van der Waals surface area contributed by atoms with E-state index >= 15 is 0 Å². The number of aromatic nitrogens is 1.